The summed E-state index contributed by atoms with van der Waals surface area (Å²) >= 11 is 0. The van der Waals surface area contributed by atoms with Crippen LogP contribution in [0.3, 0.4) is 0 Å². The monoisotopic (exact) mass is 310 g/mol. The molecule has 0 N–H and O–H groups in total. The van der Waals surface area contributed by atoms with Crippen LogP contribution in [0.5, 0.6) is 0 Å². The van der Waals surface area contributed by atoms with Crippen molar-refractivity contribution in [3.63, 3.8) is 0 Å². The van der Waals surface area contributed by atoms with Crippen LogP contribution in [0.4, 0.5) is 0 Å². The van der Waals surface area contributed by atoms with Gasteiger partial charge in [0, 0.05) is 25.5 Å². The molecule has 0 saturated carbocycles. The molecule has 0 bridgehead atoms. The van der Waals surface area contributed by atoms with Crippen molar-refractivity contribution in [2.24, 2.45) is 0 Å². The maximum absolute atomic E-state index is 5.61. The van der Waals surface area contributed by atoms with Crippen LogP contribution in [0.2, 0.25) is 0 Å². The molecular formula is C18H22N4O. The third kappa shape index (κ3) is 3.56. The van der Waals surface area contributed by atoms with E-state index in [0.29, 0.717) is 0 Å². The average molecular weight is 310 g/mol. The number of aryl methyl sites for hydroxylation is 2. The Morgan fingerprint density at radius 2 is 1.87 bits per heavy atom. The van der Waals surface area contributed by atoms with Crippen molar-refractivity contribution in [3.8, 4) is 11.5 Å². The van der Waals surface area contributed by atoms with Crippen molar-refractivity contribution in [2.75, 3.05) is 6.61 Å². The van der Waals surface area contributed by atoms with Crippen molar-refractivity contribution in [1.82, 2.24) is 19.5 Å². The zero-order valence-electron chi connectivity index (χ0n) is 13.9. The van der Waals surface area contributed by atoms with Crippen LogP contribution >= 0.6 is 0 Å². The molecule has 0 amide bonds. The summed E-state index contributed by atoms with van der Waals surface area (Å²) in [4.78, 5) is 13.9. The highest BCUT2D eigenvalue weighted by Crippen LogP contribution is 2.21. The largest absolute Gasteiger partial charge is 0.379 e. The van der Waals surface area contributed by atoms with E-state index in [1.54, 1.807) is 0 Å². The third-order valence-electron chi connectivity index (χ3n) is 3.67. The van der Waals surface area contributed by atoms with Crippen LogP contribution in [0.15, 0.2) is 36.7 Å². The Morgan fingerprint density at radius 1 is 1.13 bits per heavy atom. The molecule has 0 aliphatic rings. The third-order valence-corrected chi connectivity index (χ3v) is 3.67. The molecule has 0 radical (unpaired) electrons. The molecule has 5 nitrogen and oxygen atoms in total. The number of hydrogen-bond acceptors (Lipinski definition) is 4. The van der Waals surface area contributed by atoms with E-state index >= 15 is 0 Å². The molecule has 1 aromatic carbocycles. The smallest absolute Gasteiger partial charge is 0.160 e. The zero-order chi connectivity index (χ0) is 16.2. The summed E-state index contributed by atoms with van der Waals surface area (Å²) in [6.07, 6.45) is 5.02. The van der Waals surface area contributed by atoms with Gasteiger partial charge in [-0.25, -0.2) is 15.0 Å². The maximum atomic E-state index is 5.61. The van der Waals surface area contributed by atoms with Crippen LogP contribution in [0, 0.1) is 6.92 Å². The summed E-state index contributed by atoms with van der Waals surface area (Å²) in [5.41, 5.74) is 3.55. The zero-order valence-corrected chi connectivity index (χ0v) is 13.9. The van der Waals surface area contributed by atoms with E-state index in [1.807, 2.05) is 43.6 Å². The first-order chi connectivity index (χ1) is 11.1. The molecule has 5 heteroatoms. The first kappa shape index (κ1) is 15.6. The molecular weight excluding hydrogens is 288 g/mol. The lowest BCUT2D eigenvalue weighted by Gasteiger charge is -2.11. The van der Waals surface area contributed by atoms with Crippen LogP contribution in [0.1, 0.15) is 26.0 Å². The predicted molar refractivity (Wildman–Crippen MR) is 91.2 cm³/mol. The van der Waals surface area contributed by atoms with Gasteiger partial charge in [0.15, 0.2) is 5.82 Å². The van der Waals surface area contributed by atoms with Crippen molar-refractivity contribution in [3.05, 3.63) is 42.4 Å². The minimum absolute atomic E-state index is 0.269. The SMILES string of the molecule is Cc1nc2ccccc2nc1-c1nccn1CCCOC(C)C. The molecule has 0 saturated heterocycles. The van der Waals surface area contributed by atoms with E-state index in [0.717, 1.165) is 47.8 Å². The predicted octanol–water partition coefficient (Wildman–Crippen LogP) is 3.62. The Kier molecular flexibility index (Phi) is 4.67. The molecule has 0 atom stereocenters. The van der Waals surface area contributed by atoms with Crippen molar-refractivity contribution < 1.29 is 4.74 Å². The summed E-state index contributed by atoms with van der Waals surface area (Å²) < 4.78 is 7.73. The second-order valence-corrected chi connectivity index (χ2v) is 5.86. The summed E-state index contributed by atoms with van der Waals surface area (Å²) in [5.74, 6) is 0.866. The van der Waals surface area contributed by atoms with Gasteiger partial charge in [0.25, 0.3) is 0 Å². The van der Waals surface area contributed by atoms with E-state index in [1.165, 1.54) is 0 Å². The number of rotatable bonds is 6. The summed E-state index contributed by atoms with van der Waals surface area (Å²) in [7, 11) is 0. The molecule has 3 aromatic rings. The van der Waals surface area contributed by atoms with Crippen molar-refractivity contribution in [1.29, 1.82) is 0 Å². The van der Waals surface area contributed by atoms with Gasteiger partial charge < -0.3 is 9.30 Å². The van der Waals surface area contributed by atoms with Gasteiger partial charge in [-0.2, -0.15) is 0 Å². The van der Waals surface area contributed by atoms with Gasteiger partial charge in [-0.1, -0.05) is 12.1 Å². The first-order valence-electron chi connectivity index (χ1n) is 8.01. The van der Waals surface area contributed by atoms with Gasteiger partial charge in [0.2, 0.25) is 0 Å². The van der Waals surface area contributed by atoms with Gasteiger partial charge in [-0.15, -0.1) is 0 Å². The molecule has 2 aromatic heterocycles. The molecule has 0 unspecified atom stereocenters. The normalized spacial score (nSPS) is 11.5. The Hall–Kier alpha value is -2.27. The van der Waals surface area contributed by atoms with Crippen LogP contribution in [-0.2, 0) is 11.3 Å². The van der Waals surface area contributed by atoms with E-state index < -0.39 is 0 Å². The van der Waals surface area contributed by atoms with E-state index in [2.05, 4.69) is 28.4 Å². The van der Waals surface area contributed by atoms with Gasteiger partial charge in [-0.05, 0) is 39.3 Å². The highest BCUT2D eigenvalue weighted by atomic mass is 16.5. The molecule has 120 valence electrons. The number of imidazole rings is 1. The fourth-order valence-corrected chi connectivity index (χ4v) is 2.56. The number of hydrogen-bond donors (Lipinski definition) is 0. The maximum Gasteiger partial charge on any atom is 0.160 e. The van der Waals surface area contributed by atoms with Gasteiger partial charge >= 0.3 is 0 Å². The number of ether oxygens (including phenoxy) is 1. The fourth-order valence-electron chi connectivity index (χ4n) is 2.56. The first-order valence-corrected chi connectivity index (χ1v) is 8.01. The molecule has 3 rings (SSSR count). The highest BCUT2D eigenvalue weighted by molar-refractivity contribution is 5.77. The minimum atomic E-state index is 0.269. The van der Waals surface area contributed by atoms with E-state index in [4.69, 9.17) is 9.72 Å². The van der Waals surface area contributed by atoms with Crippen LogP contribution < -0.4 is 0 Å². The molecule has 0 spiro atoms. The number of fused-ring (bicyclic) bond motifs is 1. The second-order valence-electron chi connectivity index (χ2n) is 5.86. The number of nitrogens with zero attached hydrogens (tertiary/aromatic N) is 4. The van der Waals surface area contributed by atoms with E-state index in [9.17, 15) is 0 Å². The Labute approximate surface area is 136 Å². The molecule has 0 aliphatic heterocycles. The highest BCUT2D eigenvalue weighted by Gasteiger charge is 2.13. The number of para-hydroxylation sites is 2. The molecule has 2 heterocycles. The molecule has 0 aliphatic carbocycles. The van der Waals surface area contributed by atoms with Gasteiger partial charge in [0.1, 0.15) is 5.69 Å². The Bertz CT molecular complexity index is 795. The van der Waals surface area contributed by atoms with Crippen LogP contribution in [0.25, 0.3) is 22.6 Å². The minimum Gasteiger partial charge on any atom is -0.379 e. The second kappa shape index (κ2) is 6.87. The lowest BCUT2D eigenvalue weighted by atomic mass is 10.2. The number of benzene rings is 1. The van der Waals surface area contributed by atoms with Gasteiger partial charge in [-0.3, -0.25) is 0 Å². The average Bonchev–Trinajstić information content (AvgIpc) is 2.99. The molecule has 0 fully saturated rings. The van der Waals surface area contributed by atoms with Crippen LogP contribution in [-0.4, -0.2) is 32.2 Å². The topological polar surface area (TPSA) is 52.8 Å². The Balaban J connectivity index is 1.85. The Morgan fingerprint density at radius 3 is 2.61 bits per heavy atom. The standard InChI is InChI=1S/C18H22N4O/c1-13(2)23-12-6-10-22-11-9-19-18(22)17-14(3)20-15-7-4-5-8-16(15)21-17/h4-5,7-9,11,13H,6,10,12H2,1-3H3. The number of aromatic nitrogens is 4. The lowest BCUT2D eigenvalue weighted by Crippen LogP contribution is -2.08. The lowest BCUT2D eigenvalue weighted by molar-refractivity contribution is 0.0749. The summed E-state index contributed by atoms with van der Waals surface area (Å²) in [5, 5.41) is 0. The van der Waals surface area contributed by atoms with Crippen molar-refractivity contribution in [2.45, 2.75) is 39.8 Å². The fraction of sp³-hybridized carbons (Fsp3) is 0.389. The van der Waals surface area contributed by atoms with Crippen molar-refractivity contribution >= 4 is 11.0 Å². The molecule has 23 heavy (non-hydrogen) atoms. The summed E-state index contributed by atoms with van der Waals surface area (Å²) in [6, 6.07) is 7.92. The van der Waals surface area contributed by atoms with E-state index in [-0.39, 0.29) is 6.10 Å². The quantitative estimate of drug-likeness (QED) is 0.653. The summed E-state index contributed by atoms with van der Waals surface area (Å²) in [6.45, 7) is 7.69. The van der Waals surface area contributed by atoms with Gasteiger partial charge in [0.05, 0.1) is 22.8 Å².